The first-order valence-electron chi connectivity index (χ1n) is 6.13. The lowest BCUT2D eigenvalue weighted by atomic mass is 10.0. The lowest BCUT2D eigenvalue weighted by molar-refractivity contribution is -0.136. The molecular formula is C15H13ClO4S. The zero-order valence-corrected chi connectivity index (χ0v) is 12.6. The van der Waals surface area contributed by atoms with Gasteiger partial charge in [0.2, 0.25) is 0 Å². The summed E-state index contributed by atoms with van der Waals surface area (Å²) in [4.78, 5) is 10.8. The number of alkyl halides is 1. The SMILES string of the molecule is O=C(O)Cc1ccc(-c2ccccc2)cc1S(=O)(=O)CCl. The first-order chi connectivity index (χ1) is 9.94. The highest BCUT2D eigenvalue weighted by Gasteiger charge is 2.20. The molecule has 2 aromatic carbocycles. The molecule has 2 aromatic rings. The number of aliphatic carboxylic acids is 1. The van der Waals surface area contributed by atoms with Gasteiger partial charge in [-0.3, -0.25) is 4.79 Å². The maximum atomic E-state index is 12.1. The second-order valence-electron chi connectivity index (χ2n) is 4.48. The van der Waals surface area contributed by atoms with Crippen LogP contribution in [0.3, 0.4) is 0 Å². The summed E-state index contributed by atoms with van der Waals surface area (Å²) in [6.45, 7) is 0. The summed E-state index contributed by atoms with van der Waals surface area (Å²) in [5.41, 5.74) is 1.79. The maximum absolute atomic E-state index is 12.1. The van der Waals surface area contributed by atoms with Crippen LogP contribution in [0.2, 0.25) is 0 Å². The van der Waals surface area contributed by atoms with Gasteiger partial charge in [-0.05, 0) is 22.8 Å². The Labute approximate surface area is 127 Å². The van der Waals surface area contributed by atoms with Gasteiger partial charge < -0.3 is 5.11 Å². The molecule has 4 nitrogen and oxygen atoms in total. The lowest BCUT2D eigenvalue weighted by Gasteiger charge is -2.10. The highest BCUT2D eigenvalue weighted by atomic mass is 35.5. The molecule has 6 heteroatoms. The standard InChI is InChI=1S/C15H13ClO4S/c16-10-21(19,20)14-8-12(11-4-2-1-3-5-11)6-7-13(14)9-15(17)18/h1-8H,9-10H2,(H,17,18). The third-order valence-corrected chi connectivity index (χ3v) is 5.19. The second-order valence-corrected chi connectivity index (χ2v) is 7.03. The Balaban J connectivity index is 2.59. The fourth-order valence-electron chi connectivity index (χ4n) is 2.02. The molecule has 0 fully saturated rings. The molecule has 0 amide bonds. The van der Waals surface area contributed by atoms with Gasteiger partial charge in [-0.1, -0.05) is 42.5 Å². The van der Waals surface area contributed by atoms with Gasteiger partial charge in [0.05, 0.1) is 11.3 Å². The van der Waals surface area contributed by atoms with E-state index in [1.807, 2.05) is 30.3 Å². The predicted octanol–water partition coefficient (Wildman–Crippen LogP) is 2.95. The third-order valence-electron chi connectivity index (χ3n) is 2.99. The highest BCUT2D eigenvalue weighted by molar-refractivity contribution is 7.92. The molecule has 0 saturated heterocycles. The van der Waals surface area contributed by atoms with Gasteiger partial charge in [0.25, 0.3) is 0 Å². The summed E-state index contributed by atoms with van der Waals surface area (Å²) in [5.74, 6) is -1.09. The zero-order chi connectivity index (χ0) is 15.5. The molecule has 21 heavy (non-hydrogen) atoms. The monoisotopic (exact) mass is 324 g/mol. The van der Waals surface area contributed by atoms with Crippen LogP contribution in [0.25, 0.3) is 11.1 Å². The van der Waals surface area contributed by atoms with Crippen LogP contribution in [0.4, 0.5) is 0 Å². The first-order valence-corrected chi connectivity index (χ1v) is 8.31. The molecule has 0 heterocycles. The quantitative estimate of drug-likeness (QED) is 0.858. The number of carboxylic acids is 1. The maximum Gasteiger partial charge on any atom is 0.307 e. The van der Waals surface area contributed by atoms with Crippen molar-refractivity contribution in [1.29, 1.82) is 0 Å². The van der Waals surface area contributed by atoms with Crippen molar-refractivity contribution in [3.8, 4) is 11.1 Å². The summed E-state index contributed by atoms with van der Waals surface area (Å²) < 4.78 is 24.1. The van der Waals surface area contributed by atoms with E-state index in [1.54, 1.807) is 6.07 Å². The van der Waals surface area contributed by atoms with Crippen LogP contribution < -0.4 is 0 Å². The van der Waals surface area contributed by atoms with Crippen molar-refractivity contribution in [3.63, 3.8) is 0 Å². The molecule has 2 rings (SSSR count). The molecule has 0 aliphatic rings. The molecule has 0 radical (unpaired) electrons. The molecule has 110 valence electrons. The fourth-order valence-corrected chi connectivity index (χ4v) is 3.34. The smallest absolute Gasteiger partial charge is 0.307 e. The summed E-state index contributed by atoms with van der Waals surface area (Å²) in [7, 11) is -3.70. The number of carboxylic acid groups (broad SMARTS) is 1. The van der Waals surface area contributed by atoms with Crippen molar-refractivity contribution in [2.75, 3.05) is 5.21 Å². The van der Waals surface area contributed by atoms with E-state index in [-0.39, 0.29) is 16.9 Å². The normalized spacial score (nSPS) is 11.3. The van der Waals surface area contributed by atoms with E-state index in [0.717, 1.165) is 5.56 Å². The van der Waals surface area contributed by atoms with Crippen LogP contribution in [-0.4, -0.2) is 24.7 Å². The molecule has 0 aliphatic heterocycles. The molecule has 0 saturated carbocycles. The number of hydrogen-bond donors (Lipinski definition) is 1. The number of halogens is 1. The van der Waals surface area contributed by atoms with Crippen LogP contribution in [0.15, 0.2) is 53.4 Å². The van der Waals surface area contributed by atoms with Crippen LogP contribution in [0.5, 0.6) is 0 Å². The van der Waals surface area contributed by atoms with E-state index in [0.29, 0.717) is 5.56 Å². The van der Waals surface area contributed by atoms with Crippen molar-refractivity contribution < 1.29 is 18.3 Å². The van der Waals surface area contributed by atoms with Gasteiger partial charge in [0, 0.05) is 0 Å². The van der Waals surface area contributed by atoms with E-state index in [1.165, 1.54) is 12.1 Å². The van der Waals surface area contributed by atoms with E-state index in [2.05, 4.69) is 0 Å². The van der Waals surface area contributed by atoms with Gasteiger partial charge in [-0.15, -0.1) is 11.6 Å². The Morgan fingerprint density at radius 3 is 2.29 bits per heavy atom. The molecular weight excluding hydrogens is 312 g/mol. The van der Waals surface area contributed by atoms with Crippen molar-refractivity contribution >= 4 is 27.4 Å². The molecule has 1 N–H and O–H groups in total. The fraction of sp³-hybridized carbons (Fsp3) is 0.133. The lowest BCUT2D eigenvalue weighted by Crippen LogP contribution is -2.10. The molecule has 0 atom stereocenters. The van der Waals surface area contributed by atoms with E-state index in [4.69, 9.17) is 16.7 Å². The van der Waals surface area contributed by atoms with Crippen LogP contribution >= 0.6 is 11.6 Å². The summed E-state index contributed by atoms with van der Waals surface area (Å²) in [6, 6.07) is 14.0. The summed E-state index contributed by atoms with van der Waals surface area (Å²) in [6.07, 6.45) is -0.361. The first kappa shape index (κ1) is 15.5. The van der Waals surface area contributed by atoms with Gasteiger partial charge in [-0.2, -0.15) is 0 Å². The van der Waals surface area contributed by atoms with Crippen molar-refractivity contribution in [2.45, 2.75) is 11.3 Å². The van der Waals surface area contributed by atoms with E-state index in [9.17, 15) is 13.2 Å². The molecule has 0 aromatic heterocycles. The summed E-state index contributed by atoms with van der Waals surface area (Å²) in [5, 5.41) is 8.30. The largest absolute Gasteiger partial charge is 0.481 e. The Bertz CT molecular complexity index is 754. The molecule has 0 bridgehead atoms. The number of hydrogen-bond acceptors (Lipinski definition) is 3. The number of rotatable bonds is 5. The topological polar surface area (TPSA) is 71.4 Å². The summed E-state index contributed by atoms with van der Waals surface area (Å²) >= 11 is 5.50. The minimum absolute atomic E-state index is 0.0266. The molecule has 0 unspecified atom stereocenters. The van der Waals surface area contributed by atoms with Gasteiger partial charge in [-0.25, -0.2) is 8.42 Å². The Kier molecular flexibility index (Phi) is 4.65. The minimum atomic E-state index is -3.70. The second kappa shape index (κ2) is 6.28. The molecule has 0 aliphatic carbocycles. The Morgan fingerprint density at radius 1 is 1.05 bits per heavy atom. The number of sulfone groups is 1. The number of benzene rings is 2. The predicted molar refractivity (Wildman–Crippen MR) is 81.1 cm³/mol. The van der Waals surface area contributed by atoms with Gasteiger partial charge in [0.15, 0.2) is 9.84 Å². The average Bonchev–Trinajstić information content (AvgIpc) is 2.48. The number of carbonyl (C=O) groups is 1. The third kappa shape index (κ3) is 3.62. The van der Waals surface area contributed by atoms with Crippen LogP contribution in [-0.2, 0) is 21.1 Å². The highest BCUT2D eigenvalue weighted by Crippen LogP contribution is 2.27. The van der Waals surface area contributed by atoms with E-state index >= 15 is 0 Å². The van der Waals surface area contributed by atoms with Crippen molar-refractivity contribution in [2.24, 2.45) is 0 Å². The molecule has 0 spiro atoms. The zero-order valence-electron chi connectivity index (χ0n) is 11.0. The van der Waals surface area contributed by atoms with Crippen LogP contribution in [0, 0.1) is 0 Å². The minimum Gasteiger partial charge on any atom is -0.481 e. The average molecular weight is 325 g/mol. The van der Waals surface area contributed by atoms with Crippen molar-refractivity contribution in [1.82, 2.24) is 0 Å². The van der Waals surface area contributed by atoms with Crippen molar-refractivity contribution in [3.05, 3.63) is 54.1 Å². The van der Waals surface area contributed by atoms with Gasteiger partial charge >= 0.3 is 5.97 Å². The Morgan fingerprint density at radius 2 is 1.71 bits per heavy atom. The Hall–Kier alpha value is -1.85. The van der Waals surface area contributed by atoms with Gasteiger partial charge in [0.1, 0.15) is 5.21 Å². The van der Waals surface area contributed by atoms with Crippen LogP contribution in [0.1, 0.15) is 5.56 Å². The van der Waals surface area contributed by atoms with E-state index < -0.39 is 21.0 Å².